The average molecular weight is 248 g/mol. The second kappa shape index (κ2) is 4.96. The molecule has 1 aromatic heterocycles. The van der Waals surface area contributed by atoms with Crippen LogP contribution in [0.2, 0.25) is 0 Å². The summed E-state index contributed by atoms with van der Waals surface area (Å²) in [4.78, 5) is 17.9. The minimum Gasteiger partial charge on any atom is -0.479 e. The molecule has 2 rings (SSSR count). The van der Waals surface area contributed by atoms with Gasteiger partial charge in [-0.25, -0.2) is 4.79 Å². The molecule has 1 aliphatic rings. The van der Waals surface area contributed by atoms with Crippen LogP contribution in [0.4, 0.5) is 5.69 Å². The second-order valence-electron chi connectivity index (χ2n) is 5.00. The Morgan fingerprint density at radius 2 is 2.39 bits per heavy atom. The van der Waals surface area contributed by atoms with Crippen LogP contribution in [0, 0.1) is 6.92 Å². The molecule has 0 amide bonds. The lowest BCUT2D eigenvalue weighted by Gasteiger charge is -2.36. The van der Waals surface area contributed by atoms with Crippen molar-refractivity contribution in [1.29, 1.82) is 0 Å². The molecule has 0 spiro atoms. The molecule has 1 N–H and O–H groups in total. The Labute approximate surface area is 108 Å². The van der Waals surface area contributed by atoms with Gasteiger partial charge in [0, 0.05) is 24.1 Å². The van der Waals surface area contributed by atoms with Crippen molar-refractivity contribution in [2.24, 2.45) is 0 Å². The van der Waals surface area contributed by atoms with E-state index >= 15 is 0 Å². The zero-order valence-electron chi connectivity index (χ0n) is 11.0. The van der Waals surface area contributed by atoms with Crippen LogP contribution >= 0.6 is 0 Å². The lowest BCUT2D eigenvalue weighted by Crippen LogP contribution is -2.50. The number of hydrogen-bond acceptors (Lipinski definition) is 3. The van der Waals surface area contributed by atoms with Crippen LogP contribution in [-0.2, 0) is 4.79 Å². The van der Waals surface area contributed by atoms with Gasteiger partial charge < -0.3 is 10.0 Å². The van der Waals surface area contributed by atoms with Gasteiger partial charge in [0.05, 0.1) is 0 Å². The number of carbonyl (C=O) groups is 1. The van der Waals surface area contributed by atoms with Gasteiger partial charge in [0.2, 0.25) is 0 Å². The Morgan fingerprint density at radius 1 is 1.61 bits per heavy atom. The van der Waals surface area contributed by atoms with Gasteiger partial charge in [-0.15, -0.1) is 0 Å². The molecule has 1 unspecified atom stereocenters. The van der Waals surface area contributed by atoms with Gasteiger partial charge in [-0.05, 0) is 38.3 Å². The van der Waals surface area contributed by atoms with E-state index in [-0.39, 0.29) is 0 Å². The molecule has 98 valence electrons. The lowest BCUT2D eigenvalue weighted by molar-refractivity contribution is -0.143. The van der Waals surface area contributed by atoms with Gasteiger partial charge in [0.25, 0.3) is 0 Å². The molecule has 1 atom stereocenters. The first-order valence-electron chi connectivity index (χ1n) is 6.54. The van der Waals surface area contributed by atoms with Crippen molar-refractivity contribution in [2.75, 3.05) is 11.4 Å². The van der Waals surface area contributed by atoms with Crippen LogP contribution in [0.15, 0.2) is 18.3 Å². The van der Waals surface area contributed by atoms with E-state index in [4.69, 9.17) is 0 Å². The molecular formula is C14H20N2O2. The molecular weight excluding hydrogens is 228 g/mol. The summed E-state index contributed by atoms with van der Waals surface area (Å²) in [5.41, 5.74) is 1.19. The number of carboxylic acid groups (broad SMARTS) is 1. The summed E-state index contributed by atoms with van der Waals surface area (Å²) < 4.78 is 0. The van der Waals surface area contributed by atoms with Crippen LogP contribution in [0.3, 0.4) is 0 Å². The summed E-state index contributed by atoms with van der Waals surface area (Å²) in [6.07, 6.45) is 5.00. The van der Waals surface area contributed by atoms with Crippen LogP contribution in [0.25, 0.3) is 0 Å². The van der Waals surface area contributed by atoms with E-state index in [1.165, 1.54) is 0 Å². The third kappa shape index (κ3) is 2.07. The molecule has 4 nitrogen and oxygen atoms in total. The number of rotatable bonds is 4. The minimum absolute atomic E-state index is 0.698. The predicted molar refractivity (Wildman–Crippen MR) is 70.8 cm³/mol. The maximum Gasteiger partial charge on any atom is 0.329 e. The van der Waals surface area contributed by atoms with Crippen molar-refractivity contribution in [3.63, 3.8) is 0 Å². The first-order valence-corrected chi connectivity index (χ1v) is 6.54. The van der Waals surface area contributed by atoms with Gasteiger partial charge in [-0.1, -0.05) is 13.3 Å². The van der Waals surface area contributed by atoms with Crippen LogP contribution in [-0.4, -0.2) is 28.1 Å². The monoisotopic (exact) mass is 248 g/mol. The van der Waals surface area contributed by atoms with E-state index in [1.807, 2.05) is 30.9 Å². The molecule has 0 bridgehead atoms. The number of aryl methyl sites for hydroxylation is 1. The van der Waals surface area contributed by atoms with Crippen molar-refractivity contribution in [3.05, 3.63) is 24.0 Å². The number of nitrogens with zero attached hydrogens (tertiary/aromatic N) is 2. The zero-order chi connectivity index (χ0) is 13.2. The van der Waals surface area contributed by atoms with Gasteiger partial charge in [0.1, 0.15) is 5.54 Å². The van der Waals surface area contributed by atoms with E-state index in [2.05, 4.69) is 4.98 Å². The first kappa shape index (κ1) is 12.9. The number of carboxylic acids is 1. The van der Waals surface area contributed by atoms with Gasteiger partial charge >= 0.3 is 5.97 Å². The standard InChI is InChI=1S/C14H20N2O2/c1-3-6-14(13(17)18)7-4-9-16(14)12-5-8-15-11(2)10-12/h5,8,10H,3-4,6-7,9H2,1-2H3,(H,17,18). The van der Waals surface area contributed by atoms with Crippen molar-refractivity contribution < 1.29 is 9.90 Å². The van der Waals surface area contributed by atoms with E-state index in [1.54, 1.807) is 6.20 Å². The number of hydrogen-bond donors (Lipinski definition) is 1. The average Bonchev–Trinajstić information content (AvgIpc) is 2.74. The summed E-state index contributed by atoms with van der Waals surface area (Å²) in [6, 6.07) is 3.88. The van der Waals surface area contributed by atoms with E-state index < -0.39 is 11.5 Å². The Kier molecular flexibility index (Phi) is 3.55. The molecule has 0 radical (unpaired) electrons. The van der Waals surface area contributed by atoms with Crippen molar-refractivity contribution in [3.8, 4) is 0 Å². The molecule has 1 fully saturated rings. The third-order valence-electron chi connectivity index (χ3n) is 3.74. The molecule has 0 aromatic carbocycles. The number of anilines is 1. The van der Waals surface area contributed by atoms with Crippen molar-refractivity contribution in [1.82, 2.24) is 4.98 Å². The fraction of sp³-hybridized carbons (Fsp3) is 0.571. The number of aromatic nitrogens is 1. The second-order valence-corrected chi connectivity index (χ2v) is 5.00. The fourth-order valence-corrected chi connectivity index (χ4v) is 2.96. The molecule has 2 heterocycles. The van der Waals surface area contributed by atoms with Crippen molar-refractivity contribution >= 4 is 11.7 Å². The minimum atomic E-state index is -0.720. The Balaban J connectivity index is 2.39. The molecule has 0 aliphatic carbocycles. The Bertz CT molecular complexity index is 447. The predicted octanol–water partition coefficient (Wildman–Crippen LogP) is 2.61. The Morgan fingerprint density at radius 3 is 3.00 bits per heavy atom. The zero-order valence-corrected chi connectivity index (χ0v) is 11.0. The number of pyridine rings is 1. The van der Waals surface area contributed by atoms with Gasteiger partial charge in [-0.3, -0.25) is 4.98 Å². The highest BCUT2D eigenvalue weighted by atomic mass is 16.4. The summed E-state index contributed by atoms with van der Waals surface area (Å²) >= 11 is 0. The van der Waals surface area contributed by atoms with Crippen LogP contribution < -0.4 is 4.90 Å². The summed E-state index contributed by atoms with van der Waals surface area (Å²) in [7, 11) is 0. The molecule has 18 heavy (non-hydrogen) atoms. The Hall–Kier alpha value is -1.58. The van der Waals surface area contributed by atoms with Gasteiger partial charge in [0.15, 0.2) is 0 Å². The molecule has 1 aromatic rings. The van der Waals surface area contributed by atoms with Crippen molar-refractivity contribution in [2.45, 2.75) is 45.1 Å². The largest absolute Gasteiger partial charge is 0.479 e. The molecule has 1 aliphatic heterocycles. The van der Waals surface area contributed by atoms with Gasteiger partial charge in [-0.2, -0.15) is 0 Å². The number of aliphatic carboxylic acids is 1. The highest BCUT2D eigenvalue weighted by molar-refractivity contribution is 5.84. The fourth-order valence-electron chi connectivity index (χ4n) is 2.96. The normalized spacial score (nSPS) is 23.3. The van der Waals surface area contributed by atoms with Crippen LogP contribution in [0.1, 0.15) is 38.3 Å². The smallest absolute Gasteiger partial charge is 0.329 e. The SMILES string of the molecule is CCCC1(C(=O)O)CCCN1c1ccnc(C)c1. The molecule has 4 heteroatoms. The topological polar surface area (TPSA) is 53.4 Å². The quantitative estimate of drug-likeness (QED) is 0.890. The first-order chi connectivity index (χ1) is 8.60. The summed E-state index contributed by atoms with van der Waals surface area (Å²) in [5, 5.41) is 9.64. The molecule has 0 saturated carbocycles. The maximum atomic E-state index is 11.7. The third-order valence-corrected chi connectivity index (χ3v) is 3.74. The lowest BCUT2D eigenvalue weighted by atomic mass is 9.90. The summed E-state index contributed by atoms with van der Waals surface area (Å²) in [5.74, 6) is -0.698. The van der Waals surface area contributed by atoms with E-state index in [9.17, 15) is 9.90 Å². The highest BCUT2D eigenvalue weighted by Crippen LogP contribution is 2.37. The highest BCUT2D eigenvalue weighted by Gasteiger charge is 2.46. The van der Waals surface area contributed by atoms with Crippen LogP contribution in [0.5, 0.6) is 0 Å². The van der Waals surface area contributed by atoms with E-state index in [0.717, 1.165) is 37.2 Å². The summed E-state index contributed by atoms with van der Waals surface area (Å²) in [6.45, 7) is 4.79. The molecule has 1 saturated heterocycles. The van der Waals surface area contributed by atoms with E-state index in [0.29, 0.717) is 6.42 Å². The maximum absolute atomic E-state index is 11.7.